The lowest BCUT2D eigenvalue weighted by Crippen LogP contribution is -2.21. The number of nitrogen functional groups attached to an aromatic ring is 1. The molecule has 0 bridgehead atoms. The van der Waals surface area contributed by atoms with Crippen LogP contribution in [0.5, 0.6) is 0 Å². The molecule has 0 saturated carbocycles. The lowest BCUT2D eigenvalue weighted by Gasteiger charge is -2.03. The predicted molar refractivity (Wildman–Crippen MR) is 84.4 cm³/mol. The SMILES string of the molecule is Cc1nn(C)c(C)c1CNC(=O)/C=C/c1cccc(N)c1. The Labute approximate surface area is 124 Å². The number of carbonyl (C=O) groups is 1. The quantitative estimate of drug-likeness (QED) is 0.666. The molecule has 0 aliphatic rings. The molecule has 0 radical (unpaired) electrons. The number of nitrogens with two attached hydrogens (primary N) is 1. The lowest BCUT2D eigenvalue weighted by atomic mass is 10.2. The molecule has 5 nitrogen and oxygen atoms in total. The van der Waals surface area contributed by atoms with Crippen molar-refractivity contribution in [1.82, 2.24) is 15.1 Å². The maximum Gasteiger partial charge on any atom is 0.244 e. The molecular formula is C16H20N4O. The van der Waals surface area contributed by atoms with E-state index in [0.717, 1.165) is 22.5 Å². The molecule has 0 saturated heterocycles. The smallest absolute Gasteiger partial charge is 0.244 e. The van der Waals surface area contributed by atoms with Crippen molar-refractivity contribution in [2.45, 2.75) is 20.4 Å². The van der Waals surface area contributed by atoms with Crippen molar-refractivity contribution in [3.05, 3.63) is 52.9 Å². The third kappa shape index (κ3) is 3.72. The number of rotatable bonds is 4. The van der Waals surface area contributed by atoms with Crippen LogP contribution in [-0.2, 0) is 18.4 Å². The topological polar surface area (TPSA) is 72.9 Å². The first-order chi connectivity index (χ1) is 9.97. The minimum Gasteiger partial charge on any atom is -0.399 e. The summed E-state index contributed by atoms with van der Waals surface area (Å²) in [5.41, 5.74) is 10.3. The Balaban J connectivity index is 1.96. The minimum absolute atomic E-state index is 0.139. The van der Waals surface area contributed by atoms with Crippen molar-refractivity contribution in [3.8, 4) is 0 Å². The summed E-state index contributed by atoms with van der Waals surface area (Å²) in [6, 6.07) is 7.38. The van der Waals surface area contributed by atoms with Gasteiger partial charge in [-0.1, -0.05) is 12.1 Å². The van der Waals surface area contributed by atoms with Gasteiger partial charge in [0.2, 0.25) is 5.91 Å². The van der Waals surface area contributed by atoms with Crippen molar-refractivity contribution in [2.75, 3.05) is 5.73 Å². The summed E-state index contributed by atoms with van der Waals surface area (Å²) in [5, 5.41) is 7.19. The van der Waals surface area contributed by atoms with Gasteiger partial charge in [-0.2, -0.15) is 5.10 Å². The van der Waals surface area contributed by atoms with E-state index in [2.05, 4.69) is 10.4 Å². The highest BCUT2D eigenvalue weighted by atomic mass is 16.1. The van der Waals surface area contributed by atoms with E-state index in [0.29, 0.717) is 12.2 Å². The molecule has 1 heterocycles. The van der Waals surface area contributed by atoms with E-state index in [9.17, 15) is 4.79 Å². The van der Waals surface area contributed by atoms with Gasteiger partial charge in [0, 0.05) is 36.6 Å². The molecule has 0 unspecified atom stereocenters. The van der Waals surface area contributed by atoms with Crippen LogP contribution < -0.4 is 11.1 Å². The predicted octanol–water partition coefficient (Wildman–Crippen LogP) is 1.95. The Bertz CT molecular complexity index is 686. The molecule has 3 N–H and O–H groups in total. The first-order valence-electron chi connectivity index (χ1n) is 6.78. The third-order valence-electron chi connectivity index (χ3n) is 3.44. The molecule has 1 aromatic carbocycles. The highest BCUT2D eigenvalue weighted by Gasteiger charge is 2.09. The second-order valence-electron chi connectivity index (χ2n) is 4.99. The molecule has 1 aromatic heterocycles. The van der Waals surface area contributed by atoms with Gasteiger partial charge in [0.15, 0.2) is 0 Å². The van der Waals surface area contributed by atoms with Crippen LogP contribution in [0.3, 0.4) is 0 Å². The first kappa shape index (κ1) is 14.8. The van der Waals surface area contributed by atoms with Gasteiger partial charge in [0.25, 0.3) is 0 Å². The van der Waals surface area contributed by atoms with Crippen LogP contribution >= 0.6 is 0 Å². The zero-order valence-corrected chi connectivity index (χ0v) is 12.6. The number of hydrogen-bond acceptors (Lipinski definition) is 3. The summed E-state index contributed by atoms with van der Waals surface area (Å²) >= 11 is 0. The Morgan fingerprint density at radius 1 is 1.43 bits per heavy atom. The zero-order valence-electron chi connectivity index (χ0n) is 12.6. The van der Waals surface area contributed by atoms with Crippen LogP contribution in [-0.4, -0.2) is 15.7 Å². The summed E-state index contributed by atoms with van der Waals surface area (Å²) in [6.45, 7) is 4.41. The molecule has 110 valence electrons. The van der Waals surface area contributed by atoms with E-state index >= 15 is 0 Å². The minimum atomic E-state index is -0.139. The van der Waals surface area contributed by atoms with Gasteiger partial charge in [-0.15, -0.1) is 0 Å². The molecule has 0 fully saturated rings. The maximum atomic E-state index is 11.8. The third-order valence-corrected chi connectivity index (χ3v) is 3.44. The fourth-order valence-corrected chi connectivity index (χ4v) is 2.14. The molecular weight excluding hydrogens is 264 g/mol. The number of aromatic nitrogens is 2. The van der Waals surface area contributed by atoms with E-state index in [-0.39, 0.29) is 5.91 Å². The second-order valence-corrected chi connectivity index (χ2v) is 4.99. The van der Waals surface area contributed by atoms with Gasteiger partial charge in [-0.05, 0) is 37.6 Å². The van der Waals surface area contributed by atoms with Gasteiger partial charge >= 0.3 is 0 Å². The molecule has 0 spiro atoms. The van der Waals surface area contributed by atoms with Gasteiger partial charge in [-0.25, -0.2) is 0 Å². The fraction of sp³-hybridized carbons (Fsp3) is 0.250. The van der Waals surface area contributed by atoms with Gasteiger partial charge < -0.3 is 11.1 Å². The van der Waals surface area contributed by atoms with Crippen LogP contribution in [0.1, 0.15) is 22.5 Å². The number of benzene rings is 1. The normalized spacial score (nSPS) is 11.0. The summed E-state index contributed by atoms with van der Waals surface area (Å²) in [5.74, 6) is -0.139. The largest absolute Gasteiger partial charge is 0.399 e. The van der Waals surface area contributed by atoms with E-state index in [1.165, 1.54) is 6.08 Å². The average Bonchev–Trinajstić information content (AvgIpc) is 2.68. The lowest BCUT2D eigenvalue weighted by molar-refractivity contribution is -0.116. The van der Waals surface area contributed by atoms with E-state index in [1.54, 1.807) is 6.08 Å². The average molecular weight is 284 g/mol. The number of carbonyl (C=O) groups excluding carboxylic acids is 1. The molecule has 21 heavy (non-hydrogen) atoms. The number of amides is 1. The molecule has 0 atom stereocenters. The highest BCUT2D eigenvalue weighted by molar-refractivity contribution is 5.91. The van der Waals surface area contributed by atoms with Crippen molar-refractivity contribution < 1.29 is 4.79 Å². The van der Waals surface area contributed by atoms with Gasteiger partial charge in [0.1, 0.15) is 0 Å². The van der Waals surface area contributed by atoms with Crippen molar-refractivity contribution in [2.24, 2.45) is 7.05 Å². The van der Waals surface area contributed by atoms with E-state index in [4.69, 9.17) is 5.73 Å². The molecule has 1 amide bonds. The Hall–Kier alpha value is -2.56. The number of nitrogens with one attached hydrogen (secondary N) is 1. The van der Waals surface area contributed by atoms with E-state index in [1.807, 2.05) is 49.8 Å². The zero-order chi connectivity index (χ0) is 15.4. The Kier molecular flexibility index (Phi) is 4.42. The Morgan fingerprint density at radius 2 is 2.19 bits per heavy atom. The molecule has 2 rings (SSSR count). The van der Waals surface area contributed by atoms with E-state index < -0.39 is 0 Å². The molecule has 0 aliphatic carbocycles. The number of nitrogens with zero attached hydrogens (tertiary/aromatic N) is 2. The van der Waals surface area contributed by atoms with Crippen LogP contribution in [0, 0.1) is 13.8 Å². The van der Waals surface area contributed by atoms with Gasteiger partial charge in [-0.3, -0.25) is 9.48 Å². The molecule has 0 aliphatic heterocycles. The van der Waals surface area contributed by atoms with Crippen LogP contribution in [0.25, 0.3) is 6.08 Å². The van der Waals surface area contributed by atoms with Crippen LogP contribution in [0.15, 0.2) is 30.3 Å². The first-order valence-corrected chi connectivity index (χ1v) is 6.78. The Morgan fingerprint density at radius 3 is 2.81 bits per heavy atom. The standard InChI is InChI=1S/C16H20N4O/c1-11-15(12(2)20(3)19-11)10-18-16(21)8-7-13-5-4-6-14(17)9-13/h4-9H,10,17H2,1-3H3,(H,18,21)/b8-7+. The maximum absolute atomic E-state index is 11.8. The number of anilines is 1. The van der Waals surface area contributed by atoms with Crippen LogP contribution in [0.2, 0.25) is 0 Å². The van der Waals surface area contributed by atoms with Crippen LogP contribution in [0.4, 0.5) is 5.69 Å². The van der Waals surface area contributed by atoms with Gasteiger partial charge in [0.05, 0.1) is 5.69 Å². The van der Waals surface area contributed by atoms with Crippen molar-refractivity contribution in [3.63, 3.8) is 0 Å². The summed E-state index contributed by atoms with van der Waals surface area (Å²) in [6.07, 6.45) is 3.25. The fourth-order valence-electron chi connectivity index (χ4n) is 2.14. The highest BCUT2D eigenvalue weighted by Crippen LogP contribution is 2.11. The summed E-state index contributed by atoms with van der Waals surface area (Å²) in [4.78, 5) is 11.8. The number of hydrogen-bond donors (Lipinski definition) is 2. The van der Waals surface area contributed by atoms with Crippen molar-refractivity contribution in [1.29, 1.82) is 0 Å². The summed E-state index contributed by atoms with van der Waals surface area (Å²) in [7, 11) is 1.90. The molecule has 2 aromatic rings. The summed E-state index contributed by atoms with van der Waals surface area (Å²) < 4.78 is 1.82. The molecule has 5 heteroatoms. The second kappa shape index (κ2) is 6.26. The monoisotopic (exact) mass is 284 g/mol. The van der Waals surface area contributed by atoms with Crippen molar-refractivity contribution >= 4 is 17.7 Å². The number of aryl methyl sites for hydroxylation is 2.